The Hall–Kier alpha value is -3.48. The topological polar surface area (TPSA) is 92.6 Å². The van der Waals surface area contributed by atoms with E-state index in [0.717, 1.165) is 16.5 Å². The Labute approximate surface area is 168 Å². The molecule has 0 bridgehead atoms. The van der Waals surface area contributed by atoms with E-state index in [9.17, 15) is 14.7 Å². The minimum atomic E-state index is -1.29. The van der Waals surface area contributed by atoms with E-state index < -0.39 is 5.97 Å². The number of carbonyl (C=O) groups excluding carboxylic acids is 2. The molecule has 7 heteroatoms. The van der Waals surface area contributed by atoms with Crippen molar-refractivity contribution in [2.75, 3.05) is 20.8 Å². The number of para-hydroxylation sites is 1. The molecule has 3 rings (SSSR count). The van der Waals surface area contributed by atoms with Crippen molar-refractivity contribution in [2.24, 2.45) is 7.05 Å². The Balaban J connectivity index is 1.69. The highest BCUT2D eigenvalue weighted by Gasteiger charge is 2.18. The Kier molecular flexibility index (Phi) is 6.07. The van der Waals surface area contributed by atoms with Gasteiger partial charge < -0.3 is 29.3 Å². The highest BCUT2D eigenvalue weighted by molar-refractivity contribution is 6.00. The second-order valence-electron chi connectivity index (χ2n) is 6.66. The maximum atomic E-state index is 12.5. The molecule has 7 nitrogen and oxygen atoms in total. The van der Waals surface area contributed by atoms with Crippen LogP contribution in [0.25, 0.3) is 10.9 Å². The van der Waals surface area contributed by atoms with Crippen molar-refractivity contribution in [1.29, 1.82) is 0 Å². The lowest BCUT2D eigenvalue weighted by Gasteiger charge is -2.11. The maximum Gasteiger partial charge on any atom is 0.224 e. The van der Waals surface area contributed by atoms with Crippen LogP contribution in [0.2, 0.25) is 0 Å². The van der Waals surface area contributed by atoms with Gasteiger partial charge in [0.1, 0.15) is 0 Å². The zero-order chi connectivity index (χ0) is 21.0. The van der Waals surface area contributed by atoms with E-state index in [2.05, 4.69) is 5.32 Å². The highest BCUT2D eigenvalue weighted by atomic mass is 16.5. The second kappa shape index (κ2) is 8.68. The molecule has 1 N–H and O–H groups in total. The summed E-state index contributed by atoms with van der Waals surface area (Å²) in [6, 6.07) is 12.9. The van der Waals surface area contributed by atoms with E-state index in [-0.39, 0.29) is 18.0 Å². The number of benzene rings is 2. The SMILES string of the molecule is COc1ccc(CCNC(=O)Cc2c(C(=O)[O-])n(C)c3ccccc23)cc1OC. The molecule has 2 aromatic carbocycles. The Bertz CT molecular complexity index is 1050. The number of methoxy groups -OCH3 is 2. The molecular weight excluding hydrogens is 372 g/mol. The Morgan fingerprint density at radius 1 is 1.07 bits per heavy atom. The molecule has 1 amide bonds. The van der Waals surface area contributed by atoms with Crippen LogP contribution < -0.4 is 19.9 Å². The summed E-state index contributed by atoms with van der Waals surface area (Å²) >= 11 is 0. The van der Waals surface area contributed by atoms with Crippen LogP contribution in [-0.2, 0) is 24.7 Å². The summed E-state index contributed by atoms with van der Waals surface area (Å²) in [4.78, 5) is 24.1. The molecule has 0 unspecified atom stereocenters. The number of carboxylic acids is 1. The van der Waals surface area contributed by atoms with Gasteiger partial charge in [-0.3, -0.25) is 4.79 Å². The van der Waals surface area contributed by atoms with Crippen LogP contribution >= 0.6 is 0 Å². The van der Waals surface area contributed by atoms with Crippen molar-refractivity contribution in [1.82, 2.24) is 9.88 Å². The summed E-state index contributed by atoms with van der Waals surface area (Å²) in [5.41, 5.74) is 2.23. The second-order valence-corrected chi connectivity index (χ2v) is 6.66. The normalized spacial score (nSPS) is 10.7. The van der Waals surface area contributed by atoms with Crippen LogP contribution in [0, 0.1) is 0 Å². The van der Waals surface area contributed by atoms with Crippen LogP contribution in [0.4, 0.5) is 0 Å². The molecular formula is C22H23N2O5-. The Morgan fingerprint density at radius 2 is 1.79 bits per heavy atom. The minimum absolute atomic E-state index is 0.0289. The molecule has 152 valence electrons. The van der Waals surface area contributed by atoms with E-state index in [0.29, 0.717) is 30.0 Å². The molecule has 0 spiro atoms. The fourth-order valence-electron chi connectivity index (χ4n) is 3.52. The summed E-state index contributed by atoms with van der Waals surface area (Å²) in [6.07, 6.45) is 0.575. The van der Waals surface area contributed by atoms with Crippen LogP contribution in [0.5, 0.6) is 11.5 Å². The van der Waals surface area contributed by atoms with E-state index in [1.807, 2.05) is 42.5 Å². The lowest BCUT2D eigenvalue weighted by atomic mass is 10.1. The van der Waals surface area contributed by atoms with Crippen molar-refractivity contribution >= 4 is 22.8 Å². The monoisotopic (exact) mass is 395 g/mol. The first-order chi connectivity index (χ1) is 14.0. The zero-order valence-corrected chi connectivity index (χ0v) is 16.7. The largest absolute Gasteiger partial charge is 0.543 e. The number of aromatic carboxylic acids is 1. The maximum absolute atomic E-state index is 12.5. The summed E-state index contributed by atoms with van der Waals surface area (Å²) in [5.74, 6) is -0.266. The van der Waals surface area contributed by atoms with E-state index in [1.54, 1.807) is 25.8 Å². The van der Waals surface area contributed by atoms with Gasteiger partial charge in [0.25, 0.3) is 0 Å². The third-order valence-corrected chi connectivity index (χ3v) is 4.93. The number of nitrogens with zero attached hydrogens (tertiary/aromatic N) is 1. The third-order valence-electron chi connectivity index (χ3n) is 4.93. The van der Waals surface area contributed by atoms with Gasteiger partial charge in [-0.25, -0.2) is 0 Å². The third kappa shape index (κ3) is 4.18. The molecule has 1 aromatic heterocycles. The van der Waals surface area contributed by atoms with Crippen LogP contribution in [-0.4, -0.2) is 37.2 Å². The molecule has 0 radical (unpaired) electrons. The number of aryl methyl sites for hydroxylation is 1. The molecule has 0 aliphatic heterocycles. The predicted octanol–water partition coefficient (Wildman–Crippen LogP) is 1.46. The van der Waals surface area contributed by atoms with Gasteiger partial charge in [-0.05, 0) is 35.7 Å². The predicted molar refractivity (Wildman–Crippen MR) is 107 cm³/mol. The first-order valence-electron chi connectivity index (χ1n) is 9.21. The molecule has 0 aliphatic rings. The van der Waals surface area contributed by atoms with Gasteiger partial charge in [-0.2, -0.15) is 0 Å². The number of fused-ring (bicyclic) bond motifs is 1. The number of rotatable bonds is 8. The quantitative estimate of drug-likeness (QED) is 0.623. The van der Waals surface area contributed by atoms with Gasteiger partial charge in [0.2, 0.25) is 5.91 Å². The standard InChI is InChI=1S/C22H24N2O5/c1-24-17-7-5-4-6-15(17)16(21(24)22(26)27)13-20(25)23-11-10-14-8-9-18(28-2)19(12-14)29-3/h4-9,12H,10-11,13H2,1-3H3,(H,23,25)(H,26,27)/p-1. The van der Waals surface area contributed by atoms with Gasteiger partial charge >= 0.3 is 0 Å². The van der Waals surface area contributed by atoms with Crippen LogP contribution in [0.1, 0.15) is 21.6 Å². The van der Waals surface area contributed by atoms with Gasteiger partial charge in [-0.1, -0.05) is 24.3 Å². The van der Waals surface area contributed by atoms with Crippen molar-refractivity contribution in [3.63, 3.8) is 0 Å². The molecule has 0 aliphatic carbocycles. The molecule has 3 aromatic rings. The first-order valence-corrected chi connectivity index (χ1v) is 9.21. The smallest absolute Gasteiger partial charge is 0.224 e. The van der Waals surface area contributed by atoms with E-state index in [1.165, 1.54) is 0 Å². The molecule has 0 saturated carbocycles. The van der Waals surface area contributed by atoms with Crippen molar-refractivity contribution in [3.05, 3.63) is 59.3 Å². The lowest BCUT2D eigenvalue weighted by molar-refractivity contribution is -0.255. The number of hydrogen-bond acceptors (Lipinski definition) is 5. The molecule has 0 saturated heterocycles. The number of hydrogen-bond donors (Lipinski definition) is 1. The molecule has 0 atom stereocenters. The van der Waals surface area contributed by atoms with Crippen molar-refractivity contribution in [2.45, 2.75) is 12.8 Å². The van der Waals surface area contributed by atoms with Crippen molar-refractivity contribution in [3.8, 4) is 11.5 Å². The minimum Gasteiger partial charge on any atom is -0.543 e. The molecule has 0 fully saturated rings. The average molecular weight is 395 g/mol. The summed E-state index contributed by atoms with van der Waals surface area (Å²) < 4.78 is 12.1. The van der Waals surface area contributed by atoms with Gasteiger partial charge in [0.05, 0.1) is 32.3 Å². The number of carboxylic acid groups (broad SMARTS) is 1. The van der Waals surface area contributed by atoms with Crippen LogP contribution in [0.15, 0.2) is 42.5 Å². The number of amides is 1. The van der Waals surface area contributed by atoms with Crippen LogP contribution in [0.3, 0.4) is 0 Å². The summed E-state index contributed by atoms with van der Waals surface area (Å²) in [5, 5.41) is 15.2. The summed E-state index contributed by atoms with van der Waals surface area (Å²) in [6.45, 7) is 0.416. The number of aromatic nitrogens is 1. The number of ether oxygens (including phenoxy) is 2. The zero-order valence-electron chi connectivity index (χ0n) is 16.7. The first kappa shape index (κ1) is 20.3. The fraction of sp³-hybridized carbons (Fsp3) is 0.273. The van der Waals surface area contributed by atoms with Gasteiger partial charge in [0.15, 0.2) is 11.5 Å². The molecule has 1 heterocycles. The lowest BCUT2D eigenvalue weighted by Crippen LogP contribution is -2.30. The number of carbonyl (C=O) groups is 2. The van der Waals surface area contributed by atoms with E-state index >= 15 is 0 Å². The average Bonchev–Trinajstić information content (AvgIpc) is 3.00. The molecule has 29 heavy (non-hydrogen) atoms. The van der Waals surface area contributed by atoms with Gasteiger partial charge in [0, 0.05) is 24.5 Å². The Morgan fingerprint density at radius 3 is 2.48 bits per heavy atom. The summed E-state index contributed by atoms with van der Waals surface area (Å²) in [7, 11) is 4.81. The highest BCUT2D eigenvalue weighted by Crippen LogP contribution is 2.28. The number of nitrogens with one attached hydrogen (secondary N) is 1. The van der Waals surface area contributed by atoms with Gasteiger partial charge in [-0.15, -0.1) is 0 Å². The fourth-order valence-corrected chi connectivity index (χ4v) is 3.52. The van der Waals surface area contributed by atoms with E-state index in [4.69, 9.17) is 9.47 Å². The van der Waals surface area contributed by atoms with Crippen molar-refractivity contribution < 1.29 is 24.2 Å².